The van der Waals surface area contributed by atoms with Crippen LogP contribution in [0.4, 0.5) is 0 Å². The van der Waals surface area contributed by atoms with Crippen molar-refractivity contribution >= 4 is 37.2 Å². The summed E-state index contributed by atoms with van der Waals surface area (Å²) in [5.74, 6) is -0.652. The molecule has 0 saturated heterocycles. The standard InChI is InChI=1S/C14H26O5S2/c1-3-5-11(20)13(15)18-9-7-17-8-10-19-14(16)12(21)6-4-2/h11-12,20-21H,3-10H2,1-2H3. The first-order valence-corrected chi connectivity index (χ1v) is 8.33. The maximum Gasteiger partial charge on any atom is 0.318 e. The van der Waals surface area contributed by atoms with Crippen LogP contribution in [0, 0.1) is 0 Å². The summed E-state index contributed by atoms with van der Waals surface area (Å²) in [7, 11) is 0. The van der Waals surface area contributed by atoms with E-state index in [1.54, 1.807) is 0 Å². The Labute approximate surface area is 137 Å². The summed E-state index contributed by atoms with van der Waals surface area (Å²) < 4.78 is 15.2. The molecule has 0 aliphatic carbocycles. The predicted octanol–water partition coefficient (Wildman–Crippen LogP) is 2.29. The van der Waals surface area contributed by atoms with Crippen LogP contribution >= 0.6 is 25.3 Å². The molecule has 7 heteroatoms. The molecule has 2 atom stereocenters. The van der Waals surface area contributed by atoms with Crippen molar-refractivity contribution in [1.82, 2.24) is 0 Å². The molecule has 5 nitrogen and oxygen atoms in total. The van der Waals surface area contributed by atoms with Crippen molar-refractivity contribution in [2.24, 2.45) is 0 Å². The van der Waals surface area contributed by atoms with Crippen LogP contribution in [0.2, 0.25) is 0 Å². The fourth-order valence-electron chi connectivity index (χ4n) is 1.48. The predicted molar refractivity (Wildman–Crippen MR) is 88.1 cm³/mol. The van der Waals surface area contributed by atoms with Crippen molar-refractivity contribution in [2.75, 3.05) is 26.4 Å². The second-order valence-corrected chi connectivity index (χ2v) is 5.80. The number of rotatable bonds is 12. The Morgan fingerprint density at radius 1 is 0.810 bits per heavy atom. The largest absolute Gasteiger partial charge is 0.462 e. The Hall–Kier alpha value is -0.400. The Balaban J connectivity index is 3.48. The number of ether oxygens (including phenoxy) is 3. The van der Waals surface area contributed by atoms with E-state index in [2.05, 4.69) is 25.3 Å². The van der Waals surface area contributed by atoms with Gasteiger partial charge in [0.1, 0.15) is 13.2 Å². The lowest BCUT2D eigenvalue weighted by molar-refractivity contribution is -0.146. The molecule has 0 radical (unpaired) electrons. The lowest BCUT2D eigenvalue weighted by atomic mass is 10.2. The minimum absolute atomic E-state index is 0.179. The monoisotopic (exact) mass is 338 g/mol. The fraction of sp³-hybridized carbons (Fsp3) is 0.857. The van der Waals surface area contributed by atoms with E-state index in [0.717, 1.165) is 12.8 Å². The van der Waals surface area contributed by atoms with Gasteiger partial charge in [0.05, 0.1) is 23.7 Å². The second-order valence-electron chi connectivity index (χ2n) is 4.56. The molecule has 0 aromatic heterocycles. The number of hydrogen-bond acceptors (Lipinski definition) is 7. The normalized spacial score (nSPS) is 13.5. The highest BCUT2D eigenvalue weighted by Gasteiger charge is 2.14. The van der Waals surface area contributed by atoms with Gasteiger partial charge in [-0.2, -0.15) is 25.3 Å². The molecule has 0 rings (SSSR count). The van der Waals surface area contributed by atoms with Gasteiger partial charge in [-0.25, -0.2) is 0 Å². The number of thiol groups is 2. The summed E-state index contributed by atoms with van der Waals surface area (Å²) >= 11 is 8.28. The van der Waals surface area contributed by atoms with E-state index >= 15 is 0 Å². The molecule has 2 unspecified atom stereocenters. The smallest absolute Gasteiger partial charge is 0.318 e. The lowest BCUT2D eigenvalue weighted by Crippen LogP contribution is -2.22. The second kappa shape index (κ2) is 13.3. The zero-order valence-electron chi connectivity index (χ0n) is 12.7. The number of carbonyl (C=O) groups excluding carboxylic acids is 2. The first-order valence-electron chi connectivity index (χ1n) is 7.30. The molecule has 0 bridgehead atoms. The first-order chi connectivity index (χ1) is 10.0. The van der Waals surface area contributed by atoms with Gasteiger partial charge in [-0.3, -0.25) is 9.59 Å². The van der Waals surface area contributed by atoms with Crippen LogP contribution in [-0.4, -0.2) is 48.9 Å². The third kappa shape index (κ3) is 10.9. The van der Waals surface area contributed by atoms with Crippen LogP contribution in [0.25, 0.3) is 0 Å². The highest BCUT2D eigenvalue weighted by molar-refractivity contribution is 7.82. The van der Waals surface area contributed by atoms with Gasteiger partial charge in [-0.05, 0) is 12.8 Å². The minimum atomic E-state index is -0.373. The van der Waals surface area contributed by atoms with E-state index in [1.165, 1.54) is 0 Å². The number of esters is 2. The van der Waals surface area contributed by atoms with Crippen LogP contribution in [0.1, 0.15) is 39.5 Å². The van der Waals surface area contributed by atoms with Crippen LogP contribution in [0.5, 0.6) is 0 Å². The molecule has 0 aromatic rings. The van der Waals surface area contributed by atoms with Crippen LogP contribution in [0.3, 0.4) is 0 Å². The third-order valence-corrected chi connectivity index (χ3v) is 3.55. The average molecular weight is 338 g/mol. The summed E-state index contributed by atoms with van der Waals surface area (Å²) in [5.41, 5.74) is 0. The quantitative estimate of drug-likeness (QED) is 0.325. The molecule has 0 aliphatic rings. The van der Waals surface area contributed by atoms with Crippen molar-refractivity contribution in [3.8, 4) is 0 Å². The third-order valence-electron chi connectivity index (χ3n) is 2.61. The van der Waals surface area contributed by atoms with Crippen LogP contribution < -0.4 is 0 Å². The molecule has 0 saturated carbocycles. The summed E-state index contributed by atoms with van der Waals surface area (Å²) in [4.78, 5) is 22.8. The number of hydrogen-bond donors (Lipinski definition) is 2. The maximum absolute atomic E-state index is 11.4. The fourth-order valence-corrected chi connectivity index (χ4v) is 2.14. The van der Waals surface area contributed by atoms with Gasteiger partial charge in [-0.1, -0.05) is 26.7 Å². The van der Waals surface area contributed by atoms with E-state index in [4.69, 9.17) is 14.2 Å². The van der Waals surface area contributed by atoms with Gasteiger partial charge in [-0.15, -0.1) is 0 Å². The highest BCUT2D eigenvalue weighted by atomic mass is 32.1. The molecule has 0 fully saturated rings. The average Bonchev–Trinajstić information content (AvgIpc) is 2.46. The zero-order valence-corrected chi connectivity index (χ0v) is 14.5. The Morgan fingerprint density at radius 2 is 1.19 bits per heavy atom. The minimum Gasteiger partial charge on any atom is -0.462 e. The van der Waals surface area contributed by atoms with Crippen molar-refractivity contribution in [2.45, 2.75) is 50.0 Å². The molecular formula is C14H26O5S2. The molecule has 0 N–H and O–H groups in total. The summed E-state index contributed by atoms with van der Waals surface area (Å²) in [6, 6.07) is 0. The van der Waals surface area contributed by atoms with E-state index in [9.17, 15) is 9.59 Å². The molecule has 0 heterocycles. The lowest BCUT2D eigenvalue weighted by Gasteiger charge is -2.11. The molecule has 21 heavy (non-hydrogen) atoms. The van der Waals surface area contributed by atoms with Crippen molar-refractivity contribution < 1.29 is 23.8 Å². The summed E-state index contributed by atoms with van der Waals surface area (Å²) in [5, 5.41) is -0.747. The molecule has 0 spiro atoms. The van der Waals surface area contributed by atoms with Gasteiger partial charge in [0, 0.05) is 0 Å². The number of carbonyl (C=O) groups is 2. The van der Waals surface area contributed by atoms with E-state index in [-0.39, 0.29) is 48.9 Å². The molecular weight excluding hydrogens is 312 g/mol. The Morgan fingerprint density at radius 3 is 1.52 bits per heavy atom. The van der Waals surface area contributed by atoms with E-state index in [0.29, 0.717) is 12.8 Å². The summed E-state index contributed by atoms with van der Waals surface area (Å²) in [6.45, 7) is 4.87. The molecule has 124 valence electrons. The van der Waals surface area contributed by atoms with Crippen molar-refractivity contribution in [3.05, 3.63) is 0 Å². The maximum atomic E-state index is 11.4. The Bertz CT molecular complexity index is 271. The van der Waals surface area contributed by atoms with Gasteiger partial charge in [0.25, 0.3) is 0 Å². The van der Waals surface area contributed by atoms with Crippen molar-refractivity contribution in [3.63, 3.8) is 0 Å². The van der Waals surface area contributed by atoms with E-state index in [1.807, 2.05) is 13.8 Å². The van der Waals surface area contributed by atoms with Crippen LogP contribution in [-0.2, 0) is 23.8 Å². The van der Waals surface area contributed by atoms with Crippen LogP contribution in [0.15, 0.2) is 0 Å². The molecule has 0 aromatic carbocycles. The molecule has 0 amide bonds. The molecule has 0 aliphatic heterocycles. The highest BCUT2D eigenvalue weighted by Crippen LogP contribution is 2.07. The topological polar surface area (TPSA) is 61.8 Å². The van der Waals surface area contributed by atoms with E-state index < -0.39 is 0 Å². The zero-order chi connectivity index (χ0) is 16.1. The summed E-state index contributed by atoms with van der Waals surface area (Å²) in [6.07, 6.45) is 3.16. The first kappa shape index (κ1) is 20.6. The van der Waals surface area contributed by atoms with Gasteiger partial charge >= 0.3 is 11.9 Å². The SMILES string of the molecule is CCCC(S)C(=O)OCCOCCOC(=O)C(S)CCC. The van der Waals surface area contributed by atoms with Gasteiger partial charge < -0.3 is 14.2 Å². The van der Waals surface area contributed by atoms with Crippen molar-refractivity contribution in [1.29, 1.82) is 0 Å². The van der Waals surface area contributed by atoms with Gasteiger partial charge in [0.15, 0.2) is 0 Å². The van der Waals surface area contributed by atoms with Gasteiger partial charge in [0.2, 0.25) is 0 Å². The Kier molecular flexibility index (Phi) is 13.0.